The van der Waals surface area contributed by atoms with Gasteiger partial charge >= 0.3 is 0 Å². The number of pyridine rings is 1. The first-order valence-electron chi connectivity index (χ1n) is 5.06. The Hall–Kier alpha value is -1.54. The van der Waals surface area contributed by atoms with E-state index in [1.165, 1.54) is 0 Å². The highest BCUT2D eigenvalue weighted by molar-refractivity contribution is 6.32. The van der Waals surface area contributed by atoms with Gasteiger partial charge in [-0.2, -0.15) is 0 Å². The molecule has 0 bridgehead atoms. The zero-order valence-electron chi connectivity index (χ0n) is 8.90. The Morgan fingerprint density at radius 1 is 1.44 bits per heavy atom. The fraction of sp³-hybridized carbons (Fsp3) is 0.154. The molecule has 1 radical (unpaired) electrons. The first-order valence-corrected chi connectivity index (χ1v) is 5.44. The Morgan fingerprint density at radius 2 is 2.31 bits per heavy atom. The van der Waals surface area contributed by atoms with Crippen molar-refractivity contribution in [2.45, 2.75) is 6.92 Å². The number of ether oxygens (including phenoxy) is 1. The van der Waals surface area contributed by atoms with E-state index in [0.717, 1.165) is 17.0 Å². The molecular formula is C13H11ClNO. The van der Waals surface area contributed by atoms with Crippen molar-refractivity contribution in [3.05, 3.63) is 47.6 Å². The van der Waals surface area contributed by atoms with Gasteiger partial charge in [-0.3, -0.25) is 4.98 Å². The van der Waals surface area contributed by atoms with Crippen LogP contribution in [0.5, 0.6) is 5.75 Å². The Labute approximate surface area is 99.9 Å². The molecule has 1 heterocycles. The molecule has 2 rings (SSSR count). The van der Waals surface area contributed by atoms with Crippen molar-refractivity contribution < 1.29 is 4.74 Å². The van der Waals surface area contributed by atoms with Crippen LogP contribution in [0.15, 0.2) is 36.5 Å². The van der Waals surface area contributed by atoms with Crippen LogP contribution in [0.1, 0.15) is 6.92 Å². The topological polar surface area (TPSA) is 22.1 Å². The Balaban J connectivity index is 2.40. The minimum atomic E-state index is 0.594. The predicted molar refractivity (Wildman–Crippen MR) is 64.7 cm³/mol. The smallest absolute Gasteiger partial charge is 0.119 e. The maximum atomic E-state index is 6.05. The Bertz CT molecular complexity index is 485. The number of halogens is 1. The van der Waals surface area contributed by atoms with Crippen molar-refractivity contribution in [3.8, 4) is 17.0 Å². The van der Waals surface area contributed by atoms with Gasteiger partial charge in [0, 0.05) is 17.8 Å². The Morgan fingerprint density at radius 3 is 3.06 bits per heavy atom. The third kappa shape index (κ3) is 2.34. The minimum absolute atomic E-state index is 0.594. The molecule has 0 saturated carbocycles. The summed E-state index contributed by atoms with van der Waals surface area (Å²) in [5.41, 5.74) is 1.70. The van der Waals surface area contributed by atoms with Gasteiger partial charge in [0.1, 0.15) is 5.75 Å². The predicted octanol–water partition coefficient (Wildman–Crippen LogP) is 3.60. The maximum absolute atomic E-state index is 6.05. The summed E-state index contributed by atoms with van der Waals surface area (Å²) in [6, 6.07) is 12.3. The van der Waals surface area contributed by atoms with E-state index in [-0.39, 0.29) is 0 Å². The van der Waals surface area contributed by atoms with Crippen LogP contribution in [0.3, 0.4) is 0 Å². The Kier molecular flexibility index (Phi) is 3.42. The van der Waals surface area contributed by atoms with Crippen LogP contribution >= 0.6 is 11.6 Å². The molecule has 2 nitrogen and oxygen atoms in total. The zero-order valence-corrected chi connectivity index (χ0v) is 9.66. The van der Waals surface area contributed by atoms with E-state index in [1.807, 2.05) is 31.2 Å². The van der Waals surface area contributed by atoms with Gasteiger partial charge < -0.3 is 4.74 Å². The summed E-state index contributed by atoms with van der Waals surface area (Å²) in [4.78, 5) is 4.21. The molecule has 0 amide bonds. The molecule has 81 valence electrons. The van der Waals surface area contributed by atoms with Crippen molar-refractivity contribution in [2.24, 2.45) is 0 Å². The first-order chi connectivity index (χ1) is 7.81. The number of nitrogens with zero attached hydrogens (tertiary/aromatic N) is 1. The van der Waals surface area contributed by atoms with Crippen LogP contribution in [0.2, 0.25) is 5.02 Å². The van der Waals surface area contributed by atoms with Crippen LogP contribution in [0, 0.1) is 6.07 Å². The molecule has 0 atom stereocenters. The van der Waals surface area contributed by atoms with Crippen molar-refractivity contribution >= 4 is 11.6 Å². The SMILES string of the molecule is CCOc1cccc(-c2nc[c]cc2Cl)c1. The van der Waals surface area contributed by atoms with Crippen molar-refractivity contribution in [1.82, 2.24) is 4.98 Å². The molecule has 0 aliphatic rings. The molecule has 0 saturated heterocycles. The highest BCUT2D eigenvalue weighted by atomic mass is 35.5. The van der Waals surface area contributed by atoms with Gasteiger partial charge in [-0.1, -0.05) is 23.7 Å². The number of hydrogen-bond acceptors (Lipinski definition) is 2. The number of rotatable bonds is 3. The maximum Gasteiger partial charge on any atom is 0.119 e. The normalized spacial score (nSPS) is 10.1. The summed E-state index contributed by atoms with van der Waals surface area (Å²) < 4.78 is 5.43. The fourth-order valence-electron chi connectivity index (χ4n) is 1.45. The minimum Gasteiger partial charge on any atom is -0.494 e. The number of hydrogen-bond donors (Lipinski definition) is 0. The van der Waals surface area contributed by atoms with Crippen LogP contribution in [-0.4, -0.2) is 11.6 Å². The summed E-state index contributed by atoms with van der Waals surface area (Å²) in [5.74, 6) is 0.825. The third-order valence-corrected chi connectivity index (χ3v) is 2.41. The number of aromatic nitrogens is 1. The molecule has 16 heavy (non-hydrogen) atoms. The van der Waals surface area contributed by atoms with E-state index in [0.29, 0.717) is 11.6 Å². The monoisotopic (exact) mass is 232 g/mol. The highest BCUT2D eigenvalue weighted by Crippen LogP contribution is 2.27. The van der Waals surface area contributed by atoms with E-state index in [4.69, 9.17) is 16.3 Å². The van der Waals surface area contributed by atoms with Gasteiger partial charge in [0.2, 0.25) is 0 Å². The van der Waals surface area contributed by atoms with Crippen LogP contribution < -0.4 is 4.74 Å². The molecule has 0 spiro atoms. The summed E-state index contributed by atoms with van der Waals surface area (Å²) in [6.07, 6.45) is 1.61. The molecule has 3 heteroatoms. The summed E-state index contributed by atoms with van der Waals surface area (Å²) in [7, 11) is 0. The second-order valence-electron chi connectivity index (χ2n) is 3.23. The highest BCUT2D eigenvalue weighted by Gasteiger charge is 2.05. The number of benzene rings is 1. The fourth-order valence-corrected chi connectivity index (χ4v) is 1.68. The van der Waals surface area contributed by atoms with Gasteiger partial charge in [-0.15, -0.1) is 0 Å². The van der Waals surface area contributed by atoms with Crippen molar-refractivity contribution in [3.63, 3.8) is 0 Å². The van der Waals surface area contributed by atoms with Crippen LogP contribution in [0.4, 0.5) is 0 Å². The molecule has 0 unspecified atom stereocenters. The van der Waals surface area contributed by atoms with Crippen LogP contribution in [0.25, 0.3) is 11.3 Å². The van der Waals surface area contributed by atoms with Crippen molar-refractivity contribution in [1.29, 1.82) is 0 Å². The molecule has 1 aromatic heterocycles. The lowest BCUT2D eigenvalue weighted by Gasteiger charge is -2.06. The molecular weight excluding hydrogens is 222 g/mol. The van der Waals surface area contributed by atoms with Gasteiger partial charge in [0.25, 0.3) is 0 Å². The molecule has 0 N–H and O–H groups in total. The average Bonchev–Trinajstić information content (AvgIpc) is 2.30. The lowest BCUT2D eigenvalue weighted by molar-refractivity contribution is 0.340. The van der Waals surface area contributed by atoms with Crippen molar-refractivity contribution in [2.75, 3.05) is 6.61 Å². The summed E-state index contributed by atoms with van der Waals surface area (Å²) >= 11 is 6.05. The average molecular weight is 233 g/mol. The van der Waals surface area contributed by atoms with E-state index < -0.39 is 0 Å². The largest absolute Gasteiger partial charge is 0.494 e. The first kappa shape index (κ1) is 11.0. The van der Waals surface area contributed by atoms with Crippen LogP contribution in [-0.2, 0) is 0 Å². The van der Waals surface area contributed by atoms with Gasteiger partial charge in [-0.25, -0.2) is 0 Å². The third-order valence-electron chi connectivity index (χ3n) is 2.12. The molecule has 2 aromatic rings. The molecule has 0 aliphatic heterocycles. The lowest BCUT2D eigenvalue weighted by Crippen LogP contribution is -1.92. The molecule has 1 aromatic carbocycles. The zero-order chi connectivity index (χ0) is 11.4. The van der Waals surface area contributed by atoms with Gasteiger partial charge in [-0.05, 0) is 25.1 Å². The lowest BCUT2D eigenvalue weighted by atomic mass is 10.1. The van der Waals surface area contributed by atoms with E-state index in [1.54, 1.807) is 12.3 Å². The molecule has 0 fully saturated rings. The second kappa shape index (κ2) is 4.99. The standard InChI is InChI=1S/C13H11ClNO/c1-2-16-11-6-3-5-10(9-11)13-12(14)7-4-8-15-13/h3,5-9H,2H2,1H3. The van der Waals surface area contributed by atoms with E-state index in [9.17, 15) is 0 Å². The van der Waals surface area contributed by atoms with E-state index in [2.05, 4.69) is 11.1 Å². The summed E-state index contributed by atoms with van der Waals surface area (Å²) in [5, 5.41) is 0.594. The van der Waals surface area contributed by atoms with Gasteiger partial charge in [0.05, 0.1) is 17.3 Å². The summed E-state index contributed by atoms with van der Waals surface area (Å²) in [6.45, 7) is 2.60. The quantitative estimate of drug-likeness (QED) is 0.807. The van der Waals surface area contributed by atoms with Gasteiger partial charge in [0.15, 0.2) is 0 Å². The molecule has 0 aliphatic carbocycles. The second-order valence-corrected chi connectivity index (χ2v) is 3.63. The van der Waals surface area contributed by atoms with E-state index >= 15 is 0 Å².